The van der Waals surface area contributed by atoms with Gasteiger partial charge in [-0.2, -0.15) is 5.26 Å². The normalized spacial score (nSPS) is 14.3. The van der Waals surface area contributed by atoms with E-state index in [1.807, 2.05) is 19.9 Å². The number of ether oxygens (including phenoxy) is 1. The summed E-state index contributed by atoms with van der Waals surface area (Å²) in [6.45, 7) is 6.04. The highest BCUT2D eigenvalue weighted by Gasteiger charge is 2.25. The molecule has 0 spiro atoms. The van der Waals surface area contributed by atoms with Crippen LogP contribution >= 0.6 is 0 Å². The topological polar surface area (TPSA) is 50.1 Å². The van der Waals surface area contributed by atoms with Crippen molar-refractivity contribution in [1.29, 1.82) is 5.26 Å². The molecule has 0 fully saturated rings. The summed E-state index contributed by atoms with van der Waals surface area (Å²) >= 11 is 0. The zero-order chi connectivity index (χ0) is 10.3. The molecular formula is C10H17NO2. The molecule has 0 rings (SSSR count). The van der Waals surface area contributed by atoms with Crippen LogP contribution in [0.4, 0.5) is 0 Å². The van der Waals surface area contributed by atoms with Gasteiger partial charge in [-0.1, -0.05) is 20.3 Å². The Kier molecular flexibility index (Phi) is 5.96. The molecule has 3 nitrogen and oxygen atoms in total. The van der Waals surface area contributed by atoms with Crippen molar-refractivity contribution in [2.24, 2.45) is 11.8 Å². The number of hydrogen-bond donors (Lipinski definition) is 0. The number of nitriles is 1. The lowest BCUT2D eigenvalue weighted by Gasteiger charge is -2.14. The van der Waals surface area contributed by atoms with Crippen molar-refractivity contribution in [2.75, 3.05) is 6.61 Å². The summed E-state index contributed by atoms with van der Waals surface area (Å²) in [6.07, 6.45) is 1.87. The minimum atomic E-state index is -0.597. The van der Waals surface area contributed by atoms with Crippen LogP contribution in [0.15, 0.2) is 0 Å². The standard InChI is InChI=1S/C10H17NO2/c1-4-6-8(3)9(7-11)10(12)13-5-2/h8-9H,4-6H2,1-3H3/t8-,9-/m0/s1. The molecule has 0 N–H and O–H groups in total. The molecule has 0 aliphatic carbocycles. The molecule has 0 heterocycles. The summed E-state index contributed by atoms with van der Waals surface area (Å²) in [5, 5.41) is 8.77. The van der Waals surface area contributed by atoms with Crippen LogP contribution in [-0.4, -0.2) is 12.6 Å². The van der Waals surface area contributed by atoms with Crippen LogP contribution in [-0.2, 0) is 9.53 Å². The molecule has 2 atom stereocenters. The number of carbonyl (C=O) groups excluding carboxylic acids is 1. The maximum atomic E-state index is 11.2. The third kappa shape index (κ3) is 3.93. The van der Waals surface area contributed by atoms with Gasteiger partial charge in [0, 0.05) is 0 Å². The van der Waals surface area contributed by atoms with E-state index in [-0.39, 0.29) is 11.9 Å². The van der Waals surface area contributed by atoms with E-state index >= 15 is 0 Å². The van der Waals surface area contributed by atoms with Crippen LogP contribution < -0.4 is 0 Å². The van der Waals surface area contributed by atoms with Gasteiger partial charge in [0.15, 0.2) is 0 Å². The van der Waals surface area contributed by atoms with Crippen molar-refractivity contribution in [1.82, 2.24) is 0 Å². The zero-order valence-electron chi connectivity index (χ0n) is 8.54. The molecule has 74 valence electrons. The maximum Gasteiger partial charge on any atom is 0.323 e. The van der Waals surface area contributed by atoms with E-state index in [1.165, 1.54) is 0 Å². The highest BCUT2D eigenvalue weighted by molar-refractivity contribution is 5.75. The van der Waals surface area contributed by atoms with Crippen molar-refractivity contribution in [3.8, 4) is 6.07 Å². The Morgan fingerprint density at radius 1 is 1.54 bits per heavy atom. The zero-order valence-corrected chi connectivity index (χ0v) is 8.54. The monoisotopic (exact) mass is 183 g/mol. The minimum Gasteiger partial charge on any atom is -0.465 e. The van der Waals surface area contributed by atoms with E-state index < -0.39 is 5.92 Å². The van der Waals surface area contributed by atoms with E-state index in [2.05, 4.69) is 0 Å². The van der Waals surface area contributed by atoms with Crippen LogP contribution in [0, 0.1) is 23.2 Å². The van der Waals surface area contributed by atoms with Gasteiger partial charge in [0.2, 0.25) is 0 Å². The van der Waals surface area contributed by atoms with Gasteiger partial charge in [0.1, 0.15) is 5.92 Å². The van der Waals surface area contributed by atoms with Crippen LogP contribution in [0.3, 0.4) is 0 Å². The quantitative estimate of drug-likeness (QED) is 0.613. The molecule has 3 heteroatoms. The number of carbonyl (C=O) groups is 1. The predicted octanol–water partition coefficient (Wildman–Crippen LogP) is 2.13. The molecule has 0 aromatic heterocycles. The van der Waals surface area contributed by atoms with Gasteiger partial charge < -0.3 is 4.74 Å². The molecule has 0 unspecified atom stereocenters. The van der Waals surface area contributed by atoms with E-state index in [9.17, 15) is 4.79 Å². The minimum absolute atomic E-state index is 0.0917. The number of nitrogens with zero attached hydrogens (tertiary/aromatic N) is 1. The van der Waals surface area contributed by atoms with E-state index in [0.29, 0.717) is 6.61 Å². The Labute approximate surface area is 79.7 Å². The third-order valence-corrected chi connectivity index (χ3v) is 1.99. The maximum absolute atomic E-state index is 11.2. The molecule has 0 saturated heterocycles. The van der Waals surface area contributed by atoms with E-state index in [4.69, 9.17) is 10.00 Å². The fraction of sp³-hybridized carbons (Fsp3) is 0.800. The Bertz CT molecular complexity index is 196. The SMILES string of the molecule is CCC[C@H](C)[C@H](C#N)C(=O)OCC. The first-order valence-electron chi connectivity index (χ1n) is 4.73. The molecule has 13 heavy (non-hydrogen) atoms. The second-order valence-corrected chi connectivity index (χ2v) is 3.12. The summed E-state index contributed by atoms with van der Waals surface area (Å²) < 4.78 is 4.80. The lowest BCUT2D eigenvalue weighted by Crippen LogP contribution is -2.22. The summed E-state index contributed by atoms with van der Waals surface area (Å²) in [6, 6.07) is 2.00. The van der Waals surface area contributed by atoms with Gasteiger partial charge in [-0.05, 0) is 19.3 Å². The van der Waals surface area contributed by atoms with Crippen molar-refractivity contribution in [3.05, 3.63) is 0 Å². The van der Waals surface area contributed by atoms with Crippen LogP contribution in [0.2, 0.25) is 0 Å². The fourth-order valence-electron chi connectivity index (χ4n) is 1.27. The third-order valence-electron chi connectivity index (χ3n) is 1.99. The van der Waals surface area contributed by atoms with E-state index in [0.717, 1.165) is 12.8 Å². The van der Waals surface area contributed by atoms with Crippen LogP contribution in [0.1, 0.15) is 33.6 Å². The highest BCUT2D eigenvalue weighted by atomic mass is 16.5. The van der Waals surface area contributed by atoms with E-state index in [1.54, 1.807) is 6.92 Å². The van der Waals surface area contributed by atoms with Gasteiger partial charge >= 0.3 is 5.97 Å². The van der Waals surface area contributed by atoms with Crippen molar-refractivity contribution in [3.63, 3.8) is 0 Å². The molecule has 0 aliphatic rings. The lowest BCUT2D eigenvalue weighted by atomic mass is 9.91. The molecule has 0 radical (unpaired) electrons. The largest absolute Gasteiger partial charge is 0.465 e. The van der Waals surface area contributed by atoms with Gasteiger partial charge in [-0.3, -0.25) is 4.79 Å². The van der Waals surface area contributed by atoms with Gasteiger partial charge in [0.05, 0.1) is 12.7 Å². The molecular weight excluding hydrogens is 166 g/mol. The number of rotatable bonds is 5. The molecule has 0 aromatic carbocycles. The summed E-state index contributed by atoms with van der Waals surface area (Å²) in [4.78, 5) is 11.2. The molecule has 0 saturated carbocycles. The van der Waals surface area contributed by atoms with Crippen LogP contribution in [0.5, 0.6) is 0 Å². The van der Waals surface area contributed by atoms with Crippen LogP contribution in [0.25, 0.3) is 0 Å². The molecule has 0 aromatic rings. The molecule has 0 amide bonds. The van der Waals surface area contributed by atoms with Gasteiger partial charge in [-0.25, -0.2) is 0 Å². The second kappa shape index (κ2) is 6.47. The number of hydrogen-bond acceptors (Lipinski definition) is 3. The Hall–Kier alpha value is -1.04. The first kappa shape index (κ1) is 12.0. The Balaban J connectivity index is 4.17. The van der Waals surface area contributed by atoms with Gasteiger partial charge in [-0.15, -0.1) is 0 Å². The van der Waals surface area contributed by atoms with Crippen molar-refractivity contribution < 1.29 is 9.53 Å². The first-order chi connectivity index (χ1) is 6.17. The molecule has 0 bridgehead atoms. The summed E-state index contributed by atoms with van der Waals surface area (Å²) in [7, 11) is 0. The number of esters is 1. The Morgan fingerprint density at radius 3 is 2.54 bits per heavy atom. The smallest absolute Gasteiger partial charge is 0.323 e. The molecule has 0 aliphatic heterocycles. The highest BCUT2D eigenvalue weighted by Crippen LogP contribution is 2.17. The first-order valence-corrected chi connectivity index (χ1v) is 4.73. The summed E-state index contributed by atoms with van der Waals surface area (Å²) in [5.41, 5.74) is 0. The lowest BCUT2D eigenvalue weighted by molar-refractivity contribution is -0.147. The predicted molar refractivity (Wildman–Crippen MR) is 49.8 cm³/mol. The summed E-state index contributed by atoms with van der Waals surface area (Å²) in [5.74, 6) is -0.889. The van der Waals surface area contributed by atoms with Gasteiger partial charge in [0.25, 0.3) is 0 Å². The van der Waals surface area contributed by atoms with Crippen molar-refractivity contribution in [2.45, 2.75) is 33.6 Å². The average Bonchev–Trinajstić information content (AvgIpc) is 2.06. The fourth-order valence-corrected chi connectivity index (χ4v) is 1.27. The Morgan fingerprint density at radius 2 is 2.15 bits per heavy atom. The van der Waals surface area contributed by atoms with Crippen molar-refractivity contribution >= 4 is 5.97 Å². The second-order valence-electron chi connectivity index (χ2n) is 3.12. The average molecular weight is 183 g/mol.